The van der Waals surface area contributed by atoms with E-state index >= 15 is 0 Å². The zero-order chi connectivity index (χ0) is 23.5. The van der Waals surface area contributed by atoms with Crippen molar-refractivity contribution in [3.63, 3.8) is 0 Å². The third kappa shape index (κ3) is 4.26. The third-order valence-electron chi connectivity index (χ3n) is 6.53. The van der Waals surface area contributed by atoms with E-state index < -0.39 is 5.54 Å². The molecular weight excluding hydrogens is 432 g/mol. The van der Waals surface area contributed by atoms with Crippen LogP contribution in [0.3, 0.4) is 0 Å². The van der Waals surface area contributed by atoms with Crippen LogP contribution in [0.25, 0.3) is 5.95 Å². The highest BCUT2D eigenvalue weighted by atomic mass is 16.7. The van der Waals surface area contributed by atoms with Gasteiger partial charge in [-0.2, -0.15) is 0 Å². The summed E-state index contributed by atoms with van der Waals surface area (Å²) in [7, 11) is 0. The number of ether oxygens (including phenoxy) is 2. The molecule has 1 amide bonds. The topological polar surface area (TPSA) is 108 Å². The molecule has 9 heteroatoms. The molecule has 2 unspecified atom stereocenters. The monoisotopic (exact) mass is 460 g/mol. The van der Waals surface area contributed by atoms with E-state index in [2.05, 4.69) is 14.9 Å². The van der Waals surface area contributed by atoms with E-state index in [-0.39, 0.29) is 18.7 Å². The molecule has 0 saturated carbocycles. The summed E-state index contributed by atoms with van der Waals surface area (Å²) < 4.78 is 12.7. The smallest absolute Gasteiger partial charge is 0.238 e. The number of hydrogen-bond donors (Lipinski definition) is 1. The number of primary amides is 1. The normalized spacial score (nSPS) is 19.8. The van der Waals surface area contributed by atoms with Gasteiger partial charge in [0.1, 0.15) is 23.9 Å². The molecule has 3 aromatic rings. The molecule has 0 bridgehead atoms. The number of nitrogens with two attached hydrogens (primary N) is 1. The van der Waals surface area contributed by atoms with Gasteiger partial charge in [0.25, 0.3) is 0 Å². The van der Waals surface area contributed by atoms with Gasteiger partial charge in [-0.15, -0.1) is 0 Å². The maximum absolute atomic E-state index is 13.3. The number of rotatable bonds is 8. The molecule has 4 heterocycles. The largest absolute Gasteiger partial charge is 0.462 e. The molecule has 1 saturated heterocycles. The minimum Gasteiger partial charge on any atom is -0.462 e. The lowest BCUT2D eigenvalue weighted by molar-refractivity contribution is -0.132. The van der Waals surface area contributed by atoms with Crippen LogP contribution in [0.2, 0.25) is 0 Å². The highest BCUT2D eigenvalue weighted by Crippen LogP contribution is 2.42. The summed E-state index contributed by atoms with van der Waals surface area (Å²) in [6.45, 7) is 2.82. The highest BCUT2D eigenvalue weighted by molar-refractivity contribution is 5.85. The quantitative estimate of drug-likeness (QED) is 0.551. The molecule has 2 atom stereocenters. The molecule has 0 radical (unpaired) electrons. The number of nitrogens with zero attached hydrogens (tertiary/aromatic N) is 5. The Balaban J connectivity index is 1.57. The number of hydrogen-bond acceptors (Lipinski definition) is 7. The molecule has 0 aliphatic carbocycles. The summed E-state index contributed by atoms with van der Waals surface area (Å²) in [5, 5.41) is 0. The van der Waals surface area contributed by atoms with Gasteiger partial charge in [-0.25, -0.2) is 15.0 Å². The first-order valence-electron chi connectivity index (χ1n) is 11.4. The fraction of sp³-hybridized carbons (Fsp3) is 0.360. The van der Waals surface area contributed by atoms with Crippen molar-refractivity contribution in [2.24, 2.45) is 5.73 Å². The number of aromatic nitrogens is 4. The van der Waals surface area contributed by atoms with E-state index in [1.54, 1.807) is 23.4 Å². The molecule has 2 aliphatic heterocycles. The summed E-state index contributed by atoms with van der Waals surface area (Å²) in [6, 6.07) is 11.9. The second-order valence-electron chi connectivity index (χ2n) is 8.80. The average Bonchev–Trinajstić information content (AvgIpc) is 3.62. The molecule has 0 spiro atoms. The first-order chi connectivity index (χ1) is 16.5. The van der Waals surface area contributed by atoms with E-state index in [0.717, 1.165) is 36.3 Å². The van der Waals surface area contributed by atoms with Gasteiger partial charge < -0.3 is 15.2 Å². The standard InChI is InChI=1S/C25H28N6O3/c1-18-12-21(29-24(28-18)30-11-9-27-16-30)22-8-5-10-31(22)25(23(26)32,14-20-15-33-17-34-20)13-19-6-3-2-4-7-19/h2-4,6-7,9,11-12,15-16,22H,5,8,10,13-14,17H2,1H3,(H2,26,32). The lowest BCUT2D eigenvalue weighted by atomic mass is 9.83. The minimum atomic E-state index is -1.00. The number of carbonyl (C=O) groups is 1. The Labute approximate surface area is 198 Å². The van der Waals surface area contributed by atoms with Crippen molar-refractivity contribution < 1.29 is 14.3 Å². The first-order valence-corrected chi connectivity index (χ1v) is 11.4. The SMILES string of the molecule is Cc1cc(C2CCCN2C(CC2=COCO2)(Cc2ccccc2)C(N)=O)nc(-n2ccnc2)n1. The lowest BCUT2D eigenvalue weighted by Gasteiger charge is -2.42. The van der Waals surface area contributed by atoms with Gasteiger partial charge >= 0.3 is 0 Å². The van der Waals surface area contributed by atoms with Crippen LogP contribution in [0, 0.1) is 6.92 Å². The van der Waals surface area contributed by atoms with Crippen molar-refractivity contribution >= 4 is 5.91 Å². The highest BCUT2D eigenvalue weighted by Gasteiger charge is 2.49. The van der Waals surface area contributed by atoms with Gasteiger partial charge in [-0.3, -0.25) is 14.3 Å². The van der Waals surface area contributed by atoms with Crippen molar-refractivity contribution in [1.82, 2.24) is 24.4 Å². The third-order valence-corrected chi connectivity index (χ3v) is 6.53. The van der Waals surface area contributed by atoms with Crippen LogP contribution in [0.15, 0.2) is 67.1 Å². The molecule has 1 aromatic carbocycles. The molecule has 5 rings (SSSR count). The molecule has 1 fully saturated rings. The Morgan fingerprint density at radius 3 is 2.79 bits per heavy atom. The van der Waals surface area contributed by atoms with Crippen molar-refractivity contribution in [2.75, 3.05) is 13.3 Å². The summed E-state index contributed by atoms with van der Waals surface area (Å²) in [5.41, 5.74) is 7.95. The van der Waals surface area contributed by atoms with Crippen molar-refractivity contribution in [3.8, 4) is 5.95 Å². The van der Waals surface area contributed by atoms with E-state index in [1.165, 1.54) is 0 Å². The fourth-order valence-electron chi connectivity index (χ4n) is 4.99. The number of carbonyl (C=O) groups excluding carboxylic acids is 1. The number of likely N-dealkylation sites (tertiary alicyclic amines) is 1. The van der Waals surface area contributed by atoms with Crippen LogP contribution < -0.4 is 5.73 Å². The van der Waals surface area contributed by atoms with Gasteiger partial charge in [0.2, 0.25) is 18.6 Å². The fourth-order valence-corrected chi connectivity index (χ4v) is 4.99. The molecule has 9 nitrogen and oxygen atoms in total. The van der Waals surface area contributed by atoms with E-state index in [1.807, 2.05) is 49.5 Å². The predicted molar refractivity (Wildman–Crippen MR) is 124 cm³/mol. The number of amides is 1. The lowest BCUT2D eigenvalue weighted by Crippen LogP contribution is -2.59. The van der Waals surface area contributed by atoms with E-state index in [0.29, 0.717) is 24.5 Å². The van der Waals surface area contributed by atoms with Crippen molar-refractivity contribution in [2.45, 2.75) is 44.2 Å². The summed E-state index contributed by atoms with van der Waals surface area (Å²) >= 11 is 0. The summed E-state index contributed by atoms with van der Waals surface area (Å²) in [6.07, 6.45) is 9.34. The van der Waals surface area contributed by atoms with Gasteiger partial charge in [0, 0.05) is 30.9 Å². The van der Waals surface area contributed by atoms with Crippen LogP contribution >= 0.6 is 0 Å². The number of aryl methyl sites for hydroxylation is 1. The maximum atomic E-state index is 13.3. The first kappa shape index (κ1) is 22.1. The Morgan fingerprint density at radius 1 is 1.24 bits per heavy atom. The zero-order valence-electron chi connectivity index (χ0n) is 19.1. The van der Waals surface area contributed by atoms with Gasteiger partial charge in [-0.1, -0.05) is 30.3 Å². The van der Waals surface area contributed by atoms with Crippen LogP contribution in [-0.2, 0) is 20.7 Å². The number of imidazole rings is 1. The molecule has 176 valence electrons. The van der Waals surface area contributed by atoms with E-state index in [9.17, 15) is 4.79 Å². The van der Waals surface area contributed by atoms with Crippen molar-refractivity contribution in [1.29, 1.82) is 0 Å². The molecule has 2 aromatic heterocycles. The Kier molecular flexibility index (Phi) is 6.02. The average molecular weight is 461 g/mol. The predicted octanol–water partition coefficient (Wildman–Crippen LogP) is 2.81. The van der Waals surface area contributed by atoms with Gasteiger partial charge in [-0.05, 0) is 37.9 Å². The minimum absolute atomic E-state index is 0.0943. The second kappa shape index (κ2) is 9.26. The molecule has 34 heavy (non-hydrogen) atoms. The van der Waals surface area contributed by atoms with Crippen LogP contribution in [-0.4, -0.2) is 49.2 Å². The second-order valence-corrected chi connectivity index (χ2v) is 8.80. The zero-order valence-corrected chi connectivity index (χ0v) is 19.1. The number of benzene rings is 1. The Morgan fingerprint density at radius 2 is 2.09 bits per heavy atom. The molecule has 2 aliphatic rings. The van der Waals surface area contributed by atoms with Crippen LogP contribution in [0.5, 0.6) is 0 Å². The Bertz CT molecular complexity index is 1180. The Hall–Kier alpha value is -3.72. The van der Waals surface area contributed by atoms with Crippen molar-refractivity contribution in [3.05, 3.63) is 84.1 Å². The summed E-state index contributed by atoms with van der Waals surface area (Å²) in [4.78, 5) is 29.1. The molecular formula is C25H28N6O3. The molecule has 2 N–H and O–H groups in total. The van der Waals surface area contributed by atoms with E-state index in [4.69, 9.17) is 20.2 Å². The maximum Gasteiger partial charge on any atom is 0.238 e. The van der Waals surface area contributed by atoms with Crippen LogP contribution in [0.1, 0.15) is 42.3 Å². The van der Waals surface area contributed by atoms with Gasteiger partial charge in [0.05, 0.1) is 11.7 Å². The van der Waals surface area contributed by atoms with Gasteiger partial charge in [0.15, 0.2) is 0 Å². The van der Waals surface area contributed by atoms with Crippen LogP contribution in [0.4, 0.5) is 0 Å². The summed E-state index contributed by atoms with van der Waals surface area (Å²) in [5.74, 6) is 0.793.